The SMILES string of the molecule is C=CC1CC(C(OC(=O)N2CCC2)C(C)C)OC2C1C1(C)CCC34CC35CCC(OC(=O)NC3CN(CC(F)(F)F)C3)C(C)(C)C5CCC4C1(N)C2O. The maximum atomic E-state index is 13.0. The second kappa shape index (κ2) is 12.5. The Morgan fingerprint density at radius 1 is 1.08 bits per heavy atom. The van der Waals surface area contributed by atoms with E-state index >= 15 is 0 Å². The van der Waals surface area contributed by atoms with Crippen LogP contribution in [-0.4, -0.2) is 108 Å². The van der Waals surface area contributed by atoms with E-state index in [1.165, 1.54) is 4.90 Å². The monoisotopic (exact) mass is 750 g/mol. The van der Waals surface area contributed by atoms with Crippen molar-refractivity contribution in [1.82, 2.24) is 15.1 Å². The highest BCUT2D eigenvalue weighted by atomic mass is 19.4. The third-order valence-corrected chi connectivity index (χ3v) is 16.6. The van der Waals surface area contributed by atoms with E-state index in [4.69, 9.17) is 19.9 Å². The van der Waals surface area contributed by atoms with Crippen molar-refractivity contribution in [2.24, 2.45) is 57.0 Å². The number of halogens is 3. The fourth-order valence-electron chi connectivity index (χ4n) is 14.0. The molecule has 5 saturated carbocycles. The largest absolute Gasteiger partial charge is 0.446 e. The number of ether oxygens (including phenoxy) is 3. The highest BCUT2D eigenvalue weighted by Gasteiger charge is 2.85. The first-order chi connectivity index (χ1) is 24.8. The number of alkyl halides is 3. The van der Waals surface area contributed by atoms with Crippen LogP contribution in [0.15, 0.2) is 12.7 Å². The zero-order valence-corrected chi connectivity index (χ0v) is 32.1. The van der Waals surface area contributed by atoms with Crippen LogP contribution in [-0.2, 0) is 14.2 Å². The predicted molar refractivity (Wildman–Crippen MR) is 190 cm³/mol. The Labute approximate surface area is 312 Å². The van der Waals surface area contributed by atoms with Gasteiger partial charge >= 0.3 is 18.4 Å². The molecule has 8 aliphatic rings. The summed E-state index contributed by atoms with van der Waals surface area (Å²) in [5, 5.41) is 15.4. The minimum Gasteiger partial charge on any atom is -0.446 e. The van der Waals surface area contributed by atoms with Crippen LogP contribution in [0.5, 0.6) is 0 Å². The number of nitrogens with one attached hydrogen (secondary N) is 1. The number of nitrogens with zero attached hydrogens (tertiary/aromatic N) is 2. The molecule has 0 bridgehead atoms. The molecule has 13 unspecified atom stereocenters. The molecular formula is C40H61F3N4O6. The average Bonchev–Trinajstić information content (AvgIpc) is 3.67. The number of likely N-dealkylation sites (tertiary alicyclic amines) is 2. The lowest BCUT2D eigenvalue weighted by atomic mass is 9.43. The van der Waals surface area contributed by atoms with Gasteiger partial charge in [0.15, 0.2) is 0 Å². The maximum absolute atomic E-state index is 13.0. The molecule has 298 valence electrons. The van der Waals surface area contributed by atoms with Gasteiger partial charge < -0.3 is 35.3 Å². The minimum atomic E-state index is -4.26. The first-order valence-electron chi connectivity index (χ1n) is 20.3. The average molecular weight is 751 g/mol. The number of hydrogen-bond donors (Lipinski definition) is 3. The minimum absolute atomic E-state index is 0.00443. The van der Waals surface area contributed by atoms with E-state index in [2.05, 4.69) is 46.5 Å². The summed E-state index contributed by atoms with van der Waals surface area (Å²) in [5.74, 6) is 0.498. The Morgan fingerprint density at radius 2 is 1.75 bits per heavy atom. The van der Waals surface area contributed by atoms with Crippen molar-refractivity contribution in [1.29, 1.82) is 0 Å². The molecule has 4 N–H and O–H groups in total. The third-order valence-electron chi connectivity index (χ3n) is 16.6. The summed E-state index contributed by atoms with van der Waals surface area (Å²) >= 11 is 0. The van der Waals surface area contributed by atoms with E-state index < -0.39 is 42.7 Å². The number of allylic oxidation sites excluding steroid dienone is 1. The van der Waals surface area contributed by atoms with Gasteiger partial charge in [-0.3, -0.25) is 4.90 Å². The Kier molecular flexibility index (Phi) is 8.89. The molecule has 3 aliphatic heterocycles. The molecule has 10 nitrogen and oxygen atoms in total. The van der Waals surface area contributed by atoms with Crippen LogP contribution >= 0.6 is 0 Å². The summed E-state index contributed by atoms with van der Waals surface area (Å²) in [6, 6.07) is -0.347. The van der Waals surface area contributed by atoms with E-state index in [1.54, 1.807) is 4.90 Å². The number of nitrogens with two attached hydrogens (primary N) is 1. The van der Waals surface area contributed by atoms with Crippen molar-refractivity contribution >= 4 is 12.2 Å². The van der Waals surface area contributed by atoms with E-state index in [-0.39, 0.29) is 82.8 Å². The summed E-state index contributed by atoms with van der Waals surface area (Å²) in [6.07, 6.45) is 2.48. The van der Waals surface area contributed by atoms with Gasteiger partial charge in [-0.1, -0.05) is 40.7 Å². The van der Waals surface area contributed by atoms with E-state index in [0.29, 0.717) is 25.4 Å². The molecule has 3 heterocycles. The van der Waals surface area contributed by atoms with Crippen molar-refractivity contribution in [2.75, 3.05) is 32.7 Å². The number of hydrogen-bond acceptors (Lipinski definition) is 8. The van der Waals surface area contributed by atoms with Gasteiger partial charge in [0.05, 0.1) is 36.4 Å². The van der Waals surface area contributed by atoms with Crippen LogP contribution in [0.4, 0.5) is 22.8 Å². The van der Waals surface area contributed by atoms with Crippen molar-refractivity contribution in [3.63, 3.8) is 0 Å². The zero-order chi connectivity index (χ0) is 38.1. The van der Waals surface area contributed by atoms with Gasteiger partial charge in [-0.15, -0.1) is 6.58 Å². The number of carbonyl (C=O) groups is 2. The Morgan fingerprint density at radius 3 is 2.38 bits per heavy atom. The normalized spacial score (nSPS) is 46.3. The topological polar surface area (TPSA) is 127 Å². The third kappa shape index (κ3) is 5.46. The molecule has 0 aromatic rings. The number of fused-ring (bicyclic) bond motifs is 4. The van der Waals surface area contributed by atoms with E-state index in [9.17, 15) is 27.9 Å². The lowest BCUT2D eigenvalue weighted by Crippen LogP contribution is -2.70. The summed E-state index contributed by atoms with van der Waals surface area (Å²) < 4.78 is 57.3. The quantitative estimate of drug-likeness (QED) is 0.276. The van der Waals surface area contributed by atoms with Crippen LogP contribution in [0.2, 0.25) is 0 Å². The fourth-order valence-corrected chi connectivity index (χ4v) is 14.0. The summed E-state index contributed by atoms with van der Waals surface area (Å²) in [5.41, 5.74) is 6.30. The van der Waals surface area contributed by atoms with Gasteiger partial charge in [0.2, 0.25) is 0 Å². The number of rotatable bonds is 7. The smallest absolute Gasteiger partial charge is 0.410 e. The Hall–Kier alpha value is -2.09. The Balaban J connectivity index is 0.978. The predicted octanol–water partition coefficient (Wildman–Crippen LogP) is 5.87. The standard InChI is InChI=1S/C40H61F3N4O6/c1-7-23-17-25(30(22(2)3)53-34(50)47-15-8-16-47)51-31-29(23)36(6)13-14-38-20-37(38)12-11-28(52-33(49)45-24-18-46(19-24)21-39(41,42)43)35(4,5)26(37)9-10-27(38)40(36,44)32(31)48/h7,22-32,48H,1,8-21,44H2,2-6H3,(H,45,49). The lowest BCUT2D eigenvalue weighted by Gasteiger charge is -2.63. The molecule has 0 aromatic heterocycles. The molecule has 13 heteroatoms. The van der Waals surface area contributed by atoms with Crippen molar-refractivity contribution in [2.45, 2.75) is 141 Å². The molecule has 2 spiro atoms. The number of aliphatic hydroxyl groups excluding tert-OH is 1. The van der Waals surface area contributed by atoms with Gasteiger partial charge in [0, 0.05) is 37.5 Å². The highest BCUT2D eigenvalue weighted by Crippen LogP contribution is 2.87. The van der Waals surface area contributed by atoms with Crippen molar-refractivity contribution in [3.8, 4) is 0 Å². The molecule has 13 atom stereocenters. The van der Waals surface area contributed by atoms with Gasteiger partial charge in [-0.05, 0) is 97.7 Å². The van der Waals surface area contributed by atoms with Crippen molar-refractivity contribution < 1.29 is 42.1 Å². The molecule has 2 amide bonds. The van der Waals surface area contributed by atoms with Crippen LogP contribution in [0, 0.1) is 51.2 Å². The molecule has 0 aromatic carbocycles. The number of aliphatic hydroxyl groups is 1. The first kappa shape index (κ1) is 37.8. The molecule has 8 rings (SSSR count). The molecule has 8 fully saturated rings. The van der Waals surface area contributed by atoms with Crippen LogP contribution in [0.3, 0.4) is 0 Å². The van der Waals surface area contributed by atoms with Gasteiger partial charge in [-0.2, -0.15) is 13.2 Å². The van der Waals surface area contributed by atoms with Gasteiger partial charge in [0.1, 0.15) is 12.2 Å². The second-order valence-electron chi connectivity index (χ2n) is 19.6. The highest BCUT2D eigenvalue weighted by molar-refractivity contribution is 5.69. The first-order valence-corrected chi connectivity index (χ1v) is 20.3. The number of alkyl carbamates (subject to hydrolysis) is 1. The molecule has 5 aliphatic carbocycles. The molecular weight excluding hydrogens is 689 g/mol. The Bertz CT molecular complexity index is 1490. The van der Waals surface area contributed by atoms with Crippen LogP contribution in [0.1, 0.15) is 92.4 Å². The summed E-state index contributed by atoms with van der Waals surface area (Å²) in [4.78, 5) is 29.0. The van der Waals surface area contributed by atoms with Gasteiger partial charge in [0.25, 0.3) is 0 Å². The lowest BCUT2D eigenvalue weighted by molar-refractivity contribution is -0.176. The summed E-state index contributed by atoms with van der Waals surface area (Å²) in [6.45, 7) is 15.9. The fraction of sp³-hybridized carbons (Fsp3) is 0.900. The van der Waals surface area contributed by atoms with Crippen LogP contribution < -0.4 is 11.1 Å². The molecule has 53 heavy (non-hydrogen) atoms. The van der Waals surface area contributed by atoms with Crippen molar-refractivity contribution in [3.05, 3.63) is 12.7 Å². The zero-order valence-electron chi connectivity index (χ0n) is 32.1. The number of amides is 2. The number of carbonyl (C=O) groups excluding carboxylic acids is 2. The second-order valence-corrected chi connectivity index (χ2v) is 19.6. The van der Waals surface area contributed by atoms with Gasteiger partial charge in [-0.25, -0.2) is 9.59 Å². The summed E-state index contributed by atoms with van der Waals surface area (Å²) in [7, 11) is 0. The maximum Gasteiger partial charge on any atom is 0.410 e. The van der Waals surface area contributed by atoms with E-state index in [0.717, 1.165) is 51.4 Å². The van der Waals surface area contributed by atoms with Crippen LogP contribution in [0.25, 0.3) is 0 Å². The van der Waals surface area contributed by atoms with E-state index in [1.807, 2.05) is 6.08 Å². The molecule has 0 radical (unpaired) electrons. The molecule has 3 saturated heterocycles.